The van der Waals surface area contributed by atoms with E-state index in [-0.39, 0.29) is 23.2 Å². The molecule has 0 unspecified atom stereocenters. The number of carbonyl (C=O) groups excluding carboxylic acids is 3. The van der Waals surface area contributed by atoms with Gasteiger partial charge in [-0.2, -0.15) is 0 Å². The Hall–Kier alpha value is -3.09. The molecule has 7 heteroatoms. The zero-order valence-corrected chi connectivity index (χ0v) is 14.8. The molecule has 1 amide bonds. The maximum atomic E-state index is 13.9. The van der Waals surface area contributed by atoms with Crippen molar-refractivity contribution >= 4 is 24.2 Å². The first-order chi connectivity index (χ1) is 13.0. The molecule has 1 N–H and O–H groups in total. The van der Waals surface area contributed by atoms with E-state index in [1.54, 1.807) is 6.07 Å². The molecule has 0 saturated heterocycles. The molecule has 27 heavy (non-hydrogen) atoms. The van der Waals surface area contributed by atoms with Crippen molar-refractivity contribution in [2.45, 2.75) is 32.6 Å². The number of nitrogens with one attached hydrogen (secondary N) is 1. The minimum Gasteiger partial charge on any atom is -0.452 e. The van der Waals surface area contributed by atoms with Crippen LogP contribution in [-0.4, -0.2) is 18.5 Å². The number of carbonyl (C=O) groups is 3. The largest absolute Gasteiger partial charge is 0.452 e. The molecule has 0 aromatic heterocycles. The second-order valence-electron chi connectivity index (χ2n) is 5.90. The van der Waals surface area contributed by atoms with Gasteiger partial charge in [-0.3, -0.25) is 9.59 Å². The van der Waals surface area contributed by atoms with E-state index in [1.165, 1.54) is 6.07 Å². The summed E-state index contributed by atoms with van der Waals surface area (Å²) >= 11 is 0. The normalized spacial score (nSPS) is 12.0. The molecule has 2 aromatic carbocycles. The average molecular weight is 375 g/mol. The van der Waals surface area contributed by atoms with Gasteiger partial charge in [0.15, 0.2) is 23.1 Å². The van der Waals surface area contributed by atoms with E-state index in [4.69, 9.17) is 9.53 Å². The smallest absolute Gasteiger partial charge is 0.224 e. The summed E-state index contributed by atoms with van der Waals surface area (Å²) in [7, 11) is 0. The summed E-state index contributed by atoms with van der Waals surface area (Å²) in [4.78, 5) is 31.9. The fourth-order valence-electron chi connectivity index (χ4n) is 2.77. The lowest BCUT2D eigenvalue weighted by Gasteiger charge is -2.15. The van der Waals surface area contributed by atoms with E-state index in [2.05, 4.69) is 5.32 Å². The number of ether oxygens (including phenoxy) is 1. The van der Waals surface area contributed by atoms with Crippen LogP contribution in [-0.2, 0) is 16.0 Å². The van der Waals surface area contributed by atoms with Crippen LogP contribution in [0.1, 0.15) is 42.1 Å². The van der Waals surface area contributed by atoms with Crippen molar-refractivity contribution in [1.29, 1.82) is 0 Å². The summed E-state index contributed by atoms with van der Waals surface area (Å²) in [5.74, 6) is -1.83. The van der Waals surface area contributed by atoms with Crippen LogP contribution in [0.15, 0.2) is 30.3 Å². The number of anilines is 1. The lowest BCUT2D eigenvalue weighted by molar-refractivity contribution is -0.116. The second-order valence-corrected chi connectivity index (χ2v) is 5.90. The molecule has 0 bridgehead atoms. The summed E-state index contributed by atoms with van der Waals surface area (Å²) in [6.07, 6.45) is 2.00. The Bertz CT molecular complexity index is 867. The fourth-order valence-corrected chi connectivity index (χ4v) is 2.77. The molecule has 0 heterocycles. The number of benzene rings is 2. The first-order valence-electron chi connectivity index (χ1n) is 8.39. The number of aryl methyl sites for hydroxylation is 1. The number of halogens is 2. The van der Waals surface area contributed by atoms with Crippen LogP contribution < -0.4 is 10.1 Å². The van der Waals surface area contributed by atoms with Crippen LogP contribution in [0, 0.1) is 11.6 Å². The van der Waals surface area contributed by atoms with Crippen molar-refractivity contribution in [1.82, 2.24) is 0 Å². The molecule has 3 rings (SSSR count). The monoisotopic (exact) mass is 375 g/mol. The van der Waals surface area contributed by atoms with Crippen LogP contribution in [0.4, 0.5) is 14.5 Å². The number of Topliss-reactive ketones (excluding diaryl/α,β-unsaturated/α-hetero) is 1. The summed E-state index contributed by atoms with van der Waals surface area (Å²) in [5.41, 5.74) is 1.70. The molecule has 0 atom stereocenters. The third-order valence-electron chi connectivity index (χ3n) is 3.99. The Morgan fingerprint density at radius 3 is 2.56 bits per heavy atom. The number of hydrogen-bond donors (Lipinski definition) is 1. The molecule has 0 aliphatic heterocycles. The van der Waals surface area contributed by atoms with Crippen molar-refractivity contribution in [3.63, 3.8) is 0 Å². The lowest BCUT2D eigenvalue weighted by atomic mass is 10.1. The van der Waals surface area contributed by atoms with E-state index in [0.29, 0.717) is 43.0 Å². The van der Waals surface area contributed by atoms with Crippen molar-refractivity contribution in [3.05, 3.63) is 53.1 Å². The summed E-state index contributed by atoms with van der Waals surface area (Å²) < 4.78 is 32.5. The van der Waals surface area contributed by atoms with Crippen molar-refractivity contribution < 1.29 is 27.9 Å². The van der Waals surface area contributed by atoms with Gasteiger partial charge in [0.2, 0.25) is 5.91 Å². The molecular formula is C20H19F2NO4. The standard InChI is InChI=1S/C19H17F2NO3.CH2O/c1-2-3-19(24)22-15-8-11-4-6-16(23)13(11)10-18(15)25-17-7-5-12(20)9-14(17)21;1-2/h5,7-10H,2-4,6H2,1H3,(H,22,24);1H2. The van der Waals surface area contributed by atoms with E-state index < -0.39 is 11.6 Å². The van der Waals surface area contributed by atoms with E-state index in [1.807, 2.05) is 13.7 Å². The topological polar surface area (TPSA) is 72.5 Å². The van der Waals surface area contributed by atoms with Gasteiger partial charge >= 0.3 is 0 Å². The minimum atomic E-state index is -0.863. The summed E-state index contributed by atoms with van der Waals surface area (Å²) in [6, 6.07) is 6.15. The van der Waals surface area contributed by atoms with Gasteiger partial charge < -0.3 is 14.8 Å². The molecule has 2 aromatic rings. The van der Waals surface area contributed by atoms with E-state index >= 15 is 0 Å². The number of hydrogen-bond acceptors (Lipinski definition) is 4. The van der Waals surface area contributed by atoms with Crippen molar-refractivity contribution in [2.24, 2.45) is 0 Å². The van der Waals surface area contributed by atoms with Gasteiger partial charge in [0.1, 0.15) is 12.6 Å². The molecule has 142 valence electrons. The van der Waals surface area contributed by atoms with Crippen LogP contribution in [0.25, 0.3) is 0 Å². The van der Waals surface area contributed by atoms with Gasteiger partial charge in [-0.05, 0) is 42.7 Å². The van der Waals surface area contributed by atoms with E-state index in [9.17, 15) is 18.4 Å². The third kappa shape index (κ3) is 4.75. The number of rotatable bonds is 5. The molecule has 1 aliphatic rings. The highest BCUT2D eigenvalue weighted by atomic mass is 19.1. The van der Waals surface area contributed by atoms with Gasteiger partial charge in [0, 0.05) is 24.5 Å². The molecular weight excluding hydrogens is 356 g/mol. The Morgan fingerprint density at radius 2 is 1.89 bits per heavy atom. The SMILES string of the molecule is C=O.CCCC(=O)Nc1cc2c(cc1Oc1ccc(F)cc1F)C(=O)CC2. The zero-order chi connectivity index (χ0) is 20.0. The average Bonchev–Trinajstić information content (AvgIpc) is 2.99. The molecule has 0 spiro atoms. The van der Waals surface area contributed by atoms with Crippen LogP contribution in [0.3, 0.4) is 0 Å². The Morgan fingerprint density at radius 1 is 1.15 bits per heavy atom. The molecule has 0 radical (unpaired) electrons. The summed E-state index contributed by atoms with van der Waals surface area (Å²) in [6.45, 7) is 3.88. The quantitative estimate of drug-likeness (QED) is 0.839. The first kappa shape index (κ1) is 20.2. The number of fused-ring (bicyclic) bond motifs is 1. The van der Waals surface area contributed by atoms with Crippen molar-refractivity contribution in [2.75, 3.05) is 5.32 Å². The zero-order valence-electron chi connectivity index (χ0n) is 14.8. The molecule has 1 aliphatic carbocycles. The van der Waals surface area contributed by atoms with Gasteiger partial charge in [-0.15, -0.1) is 0 Å². The third-order valence-corrected chi connectivity index (χ3v) is 3.99. The number of amides is 1. The Labute approximate surface area is 155 Å². The maximum Gasteiger partial charge on any atom is 0.224 e. The second kappa shape index (κ2) is 9.02. The molecule has 0 saturated carbocycles. The highest BCUT2D eigenvalue weighted by molar-refractivity contribution is 6.02. The van der Waals surface area contributed by atoms with Crippen LogP contribution in [0.5, 0.6) is 11.5 Å². The predicted octanol–water partition coefficient (Wildman–Crippen LogP) is 4.44. The lowest BCUT2D eigenvalue weighted by Crippen LogP contribution is -2.12. The van der Waals surface area contributed by atoms with Gasteiger partial charge in [-0.1, -0.05) is 6.92 Å². The number of ketones is 1. The minimum absolute atomic E-state index is 0.0223. The highest BCUT2D eigenvalue weighted by Crippen LogP contribution is 2.37. The fraction of sp³-hybridized carbons (Fsp3) is 0.250. The Kier molecular flexibility index (Phi) is 6.76. The van der Waals surface area contributed by atoms with Crippen LogP contribution in [0.2, 0.25) is 0 Å². The molecule has 5 nitrogen and oxygen atoms in total. The van der Waals surface area contributed by atoms with Crippen molar-refractivity contribution in [3.8, 4) is 11.5 Å². The Balaban J connectivity index is 0.00000126. The maximum absolute atomic E-state index is 13.9. The van der Waals surface area contributed by atoms with Crippen LogP contribution >= 0.6 is 0 Å². The van der Waals surface area contributed by atoms with Gasteiger partial charge in [0.05, 0.1) is 5.69 Å². The molecule has 0 fully saturated rings. The van der Waals surface area contributed by atoms with Gasteiger partial charge in [0.25, 0.3) is 0 Å². The summed E-state index contributed by atoms with van der Waals surface area (Å²) in [5, 5.41) is 2.74. The first-order valence-corrected chi connectivity index (χ1v) is 8.39. The van der Waals surface area contributed by atoms with E-state index in [0.717, 1.165) is 17.7 Å². The predicted molar refractivity (Wildman–Crippen MR) is 96.2 cm³/mol. The highest BCUT2D eigenvalue weighted by Gasteiger charge is 2.23. The van der Waals surface area contributed by atoms with Gasteiger partial charge in [-0.25, -0.2) is 8.78 Å².